The van der Waals surface area contributed by atoms with Gasteiger partial charge in [-0.15, -0.1) is 0 Å². The van der Waals surface area contributed by atoms with Gasteiger partial charge in [-0.2, -0.15) is 0 Å². The lowest BCUT2D eigenvalue weighted by atomic mass is 10.2. The molecule has 0 bridgehead atoms. The van der Waals surface area contributed by atoms with E-state index in [0.29, 0.717) is 6.54 Å². The highest BCUT2D eigenvalue weighted by atomic mass is 35.5. The molecule has 1 heterocycles. The first-order valence-electron chi connectivity index (χ1n) is 6.16. The number of nitrogens with zero attached hydrogens (tertiary/aromatic N) is 1. The number of carbonyl (C=O) groups excluding carboxylic acids is 1. The zero-order chi connectivity index (χ0) is 14.0. The molecule has 0 saturated carbocycles. The minimum Gasteiger partial charge on any atom is -0.384 e. The van der Waals surface area contributed by atoms with E-state index in [9.17, 15) is 9.18 Å². The molecule has 6 heteroatoms. The zero-order valence-electron chi connectivity index (χ0n) is 10.6. The van der Waals surface area contributed by atoms with Gasteiger partial charge in [-0.3, -0.25) is 4.79 Å². The Morgan fingerprint density at radius 1 is 1.63 bits per heavy atom. The molecule has 1 aliphatic heterocycles. The third-order valence-electron chi connectivity index (χ3n) is 3.18. The van der Waals surface area contributed by atoms with Crippen molar-refractivity contribution in [3.63, 3.8) is 0 Å². The number of hydrogen-bond acceptors (Lipinski definition) is 3. The second-order valence-electron chi connectivity index (χ2n) is 4.71. The summed E-state index contributed by atoms with van der Waals surface area (Å²) in [6.07, 6.45) is -0.245. The third kappa shape index (κ3) is 3.36. The summed E-state index contributed by atoms with van der Waals surface area (Å²) in [6.45, 7) is 2.75. The number of rotatable bonds is 3. The monoisotopic (exact) mass is 286 g/mol. The lowest BCUT2D eigenvalue weighted by Gasteiger charge is -2.19. The molecule has 0 aliphatic carbocycles. The quantitative estimate of drug-likeness (QED) is 0.886. The summed E-state index contributed by atoms with van der Waals surface area (Å²) in [7, 11) is 0. The molecule has 1 aromatic rings. The van der Waals surface area contributed by atoms with Crippen LogP contribution in [0.2, 0.25) is 5.02 Å². The number of aliphatic hydroxyl groups is 1. The van der Waals surface area contributed by atoms with Crippen molar-refractivity contribution in [1.29, 1.82) is 0 Å². The van der Waals surface area contributed by atoms with E-state index in [1.54, 1.807) is 6.07 Å². The Balaban J connectivity index is 1.98. The van der Waals surface area contributed by atoms with E-state index >= 15 is 0 Å². The standard InChI is InChI=1S/C13H16ClFN2O2/c1-8(18)13(19)16-9-4-5-17(7-9)10-2-3-11(14)12(15)6-10/h2-3,6,8-9,18H,4-5,7H2,1H3,(H,16,19)/t8-,9+/m1/s1. The number of nitrogens with one attached hydrogen (secondary N) is 1. The summed E-state index contributed by atoms with van der Waals surface area (Å²) in [5.41, 5.74) is 0.746. The summed E-state index contributed by atoms with van der Waals surface area (Å²) in [5.74, 6) is -0.829. The molecule has 1 aromatic carbocycles. The molecule has 0 unspecified atom stereocenters. The zero-order valence-corrected chi connectivity index (χ0v) is 11.3. The molecule has 4 nitrogen and oxygen atoms in total. The van der Waals surface area contributed by atoms with E-state index in [0.717, 1.165) is 18.7 Å². The Morgan fingerprint density at radius 2 is 2.37 bits per heavy atom. The van der Waals surface area contributed by atoms with Crippen molar-refractivity contribution in [2.24, 2.45) is 0 Å². The summed E-state index contributed by atoms with van der Waals surface area (Å²) >= 11 is 5.64. The Hall–Kier alpha value is -1.33. The molecule has 19 heavy (non-hydrogen) atoms. The van der Waals surface area contributed by atoms with Crippen LogP contribution in [0.1, 0.15) is 13.3 Å². The molecule has 2 N–H and O–H groups in total. The molecule has 0 radical (unpaired) electrons. The fourth-order valence-corrected chi connectivity index (χ4v) is 2.23. The smallest absolute Gasteiger partial charge is 0.248 e. The van der Waals surface area contributed by atoms with Gasteiger partial charge in [0.25, 0.3) is 0 Å². The lowest BCUT2D eigenvalue weighted by molar-refractivity contribution is -0.129. The van der Waals surface area contributed by atoms with E-state index in [-0.39, 0.29) is 17.0 Å². The number of halogens is 2. The van der Waals surface area contributed by atoms with Gasteiger partial charge in [-0.05, 0) is 31.5 Å². The predicted octanol–water partition coefficient (Wildman–Crippen LogP) is 1.55. The first-order valence-corrected chi connectivity index (χ1v) is 6.53. The Morgan fingerprint density at radius 3 is 3.00 bits per heavy atom. The maximum Gasteiger partial charge on any atom is 0.248 e. The average Bonchev–Trinajstić information content (AvgIpc) is 2.81. The highest BCUT2D eigenvalue weighted by Gasteiger charge is 2.25. The van der Waals surface area contributed by atoms with Crippen molar-refractivity contribution < 1.29 is 14.3 Å². The summed E-state index contributed by atoms with van der Waals surface area (Å²) in [6, 6.07) is 4.64. The van der Waals surface area contributed by atoms with Gasteiger partial charge in [-0.25, -0.2) is 4.39 Å². The predicted molar refractivity (Wildman–Crippen MR) is 71.9 cm³/mol. The molecule has 104 valence electrons. The molecule has 1 fully saturated rings. The lowest BCUT2D eigenvalue weighted by Crippen LogP contribution is -2.41. The normalized spacial score (nSPS) is 20.4. The van der Waals surface area contributed by atoms with E-state index in [1.165, 1.54) is 19.1 Å². The summed E-state index contributed by atoms with van der Waals surface area (Å²) in [5, 5.41) is 12.0. The van der Waals surface area contributed by atoms with Gasteiger partial charge in [0.05, 0.1) is 5.02 Å². The number of hydrogen-bond donors (Lipinski definition) is 2. The maximum atomic E-state index is 13.4. The maximum absolute atomic E-state index is 13.4. The fraction of sp³-hybridized carbons (Fsp3) is 0.462. The molecule has 2 rings (SSSR count). The van der Waals surface area contributed by atoms with Gasteiger partial charge in [0.1, 0.15) is 11.9 Å². The van der Waals surface area contributed by atoms with Crippen molar-refractivity contribution in [3.8, 4) is 0 Å². The Bertz CT molecular complexity index is 482. The molecule has 1 saturated heterocycles. The van der Waals surface area contributed by atoms with Gasteiger partial charge in [0.15, 0.2) is 0 Å². The first kappa shape index (κ1) is 14.1. The van der Waals surface area contributed by atoms with Crippen molar-refractivity contribution in [3.05, 3.63) is 29.0 Å². The van der Waals surface area contributed by atoms with Gasteiger partial charge in [0, 0.05) is 24.8 Å². The molecular weight excluding hydrogens is 271 g/mol. The highest BCUT2D eigenvalue weighted by Crippen LogP contribution is 2.24. The molecular formula is C13H16ClFN2O2. The Labute approximate surface area is 116 Å². The molecule has 0 aromatic heterocycles. The van der Waals surface area contributed by atoms with Crippen LogP contribution in [-0.2, 0) is 4.79 Å². The molecule has 2 atom stereocenters. The number of carbonyl (C=O) groups is 1. The summed E-state index contributed by atoms with van der Waals surface area (Å²) < 4.78 is 13.4. The number of aliphatic hydroxyl groups excluding tert-OH is 1. The van der Waals surface area contributed by atoms with Gasteiger partial charge in [0.2, 0.25) is 5.91 Å². The minimum absolute atomic E-state index is 0.0270. The summed E-state index contributed by atoms with van der Waals surface area (Å²) in [4.78, 5) is 13.4. The second-order valence-corrected chi connectivity index (χ2v) is 5.12. The van der Waals surface area contributed by atoms with Crippen LogP contribution in [0.25, 0.3) is 0 Å². The van der Waals surface area contributed by atoms with Crippen LogP contribution >= 0.6 is 11.6 Å². The van der Waals surface area contributed by atoms with Gasteiger partial charge < -0.3 is 15.3 Å². The topological polar surface area (TPSA) is 52.6 Å². The second kappa shape index (κ2) is 5.75. The van der Waals surface area contributed by atoms with Crippen molar-refractivity contribution in [1.82, 2.24) is 5.32 Å². The van der Waals surface area contributed by atoms with Crippen LogP contribution in [0.15, 0.2) is 18.2 Å². The van der Waals surface area contributed by atoms with Crippen molar-refractivity contribution in [2.45, 2.75) is 25.5 Å². The molecule has 0 spiro atoms. The highest BCUT2D eigenvalue weighted by molar-refractivity contribution is 6.30. The Kier molecular flexibility index (Phi) is 4.27. The fourth-order valence-electron chi connectivity index (χ4n) is 2.12. The van der Waals surface area contributed by atoms with Crippen molar-refractivity contribution >= 4 is 23.2 Å². The van der Waals surface area contributed by atoms with Crippen LogP contribution < -0.4 is 10.2 Å². The van der Waals surface area contributed by atoms with Gasteiger partial charge in [-0.1, -0.05) is 11.6 Å². The van der Waals surface area contributed by atoms with E-state index < -0.39 is 11.9 Å². The van der Waals surface area contributed by atoms with Crippen LogP contribution in [0.5, 0.6) is 0 Å². The van der Waals surface area contributed by atoms with E-state index in [4.69, 9.17) is 16.7 Å². The van der Waals surface area contributed by atoms with E-state index in [1.807, 2.05) is 4.90 Å². The van der Waals surface area contributed by atoms with Crippen LogP contribution in [0.3, 0.4) is 0 Å². The van der Waals surface area contributed by atoms with Crippen molar-refractivity contribution in [2.75, 3.05) is 18.0 Å². The number of anilines is 1. The number of benzene rings is 1. The first-order chi connectivity index (χ1) is 8.97. The third-order valence-corrected chi connectivity index (χ3v) is 3.49. The largest absolute Gasteiger partial charge is 0.384 e. The van der Waals surface area contributed by atoms with Gasteiger partial charge >= 0.3 is 0 Å². The number of amides is 1. The molecule has 1 aliphatic rings. The SMILES string of the molecule is C[C@@H](O)C(=O)N[C@H]1CCN(c2ccc(Cl)c(F)c2)C1. The average molecular weight is 287 g/mol. The van der Waals surface area contributed by atoms with Crippen LogP contribution in [0, 0.1) is 5.82 Å². The van der Waals surface area contributed by atoms with Crippen LogP contribution in [-0.4, -0.2) is 36.2 Å². The van der Waals surface area contributed by atoms with E-state index in [2.05, 4.69) is 5.32 Å². The molecule has 1 amide bonds. The minimum atomic E-state index is -1.01. The van der Waals surface area contributed by atoms with Crippen LogP contribution in [0.4, 0.5) is 10.1 Å².